The number of allylic oxidation sites excluding steroid dienone is 1. The van der Waals surface area contributed by atoms with Gasteiger partial charge in [-0.2, -0.15) is 5.53 Å². The minimum Gasteiger partial charge on any atom is -0.398 e. The van der Waals surface area contributed by atoms with E-state index < -0.39 is 0 Å². The maximum absolute atomic E-state index is 10.8. The molecule has 0 aromatic heterocycles. The zero-order valence-electron chi connectivity index (χ0n) is 44.0. The number of rotatable bonds is 30. The van der Waals surface area contributed by atoms with Gasteiger partial charge in [-0.15, -0.1) is 0 Å². The Bertz CT molecular complexity index is 1950. The molecule has 1 radical (unpaired) electrons. The molecule has 3 aromatic rings. The molecule has 1 atom stereocenters. The van der Waals surface area contributed by atoms with Crippen LogP contribution in [0.4, 0.5) is 11.4 Å². The molecule has 399 valence electrons. The molecule has 0 saturated heterocycles. The van der Waals surface area contributed by atoms with Crippen LogP contribution in [0.5, 0.6) is 17.2 Å². The molecule has 0 heterocycles. The second kappa shape index (κ2) is 42.5. The molecule has 0 aliphatic heterocycles. The fourth-order valence-electron chi connectivity index (χ4n) is 5.84. The summed E-state index contributed by atoms with van der Waals surface area (Å²) >= 11 is 1.58. The molecule has 0 fully saturated rings. The topological polar surface area (TPSA) is 246 Å². The van der Waals surface area contributed by atoms with Crippen LogP contribution in [0.25, 0.3) is 6.08 Å². The van der Waals surface area contributed by atoms with Crippen molar-refractivity contribution in [3.8, 4) is 17.2 Å². The van der Waals surface area contributed by atoms with Crippen molar-refractivity contribution < 1.29 is 60.2 Å². The van der Waals surface area contributed by atoms with Crippen molar-refractivity contribution >= 4 is 65.0 Å². The number of likely N-dealkylation sites (N-methyl/N-ethyl adjacent to an activating group) is 1. The van der Waals surface area contributed by atoms with Crippen molar-refractivity contribution in [3.63, 3.8) is 0 Å². The SMILES string of the molecule is CC.CCC(C(C)=O)N(C)C=O.COc1ccc(OC)c(N(N=N)/C(C)=C/c2cc(OCCOCCOCCOCCOCCOCCO[Te])cc(C(C)(C)C)c2)c1.Cc1c(N)cccc1C=O.NC=O. The van der Waals surface area contributed by atoms with Gasteiger partial charge in [-0.1, -0.05) is 65.0 Å². The van der Waals surface area contributed by atoms with Crippen LogP contribution in [0, 0.1) is 12.5 Å². The Kier molecular flexibility index (Phi) is 40.7. The number of hydrogen-bond acceptors (Lipinski definition) is 16. The van der Waals surface area contributed by atoms with Crippen LogP contribution >= 0.6 is 0 Å². The first-order valence-electron chi connectivity index (χ1n) is 23.2. The molecule has 19 nitrogen and oxygen atoms in total. The van der Waals surface area contributed by atoms with Crippen molar-refractivity contribution in [1.82, 2.24) is 4.90 Å². The minimum atomic E-state index is -0.238. The number of benzene rings is 3. The van der Waals surface area contributed by atoms with E-state index in [1.165, 1.54) is 16.8 Å². The number of Topliss-reactive ketones (excluding diaryl/α,β-unsaturated/α-hetero) is 1. The summed E-state index contributed by atoms with van der Waals surface area (Å²) in [6.07, 6.45) is 4.39. The molecule has 0 spiro atoms. The van der Waals surface area contributed by atoms with Crippen LogP contribution in [0.1, 0.15) is 88.9 Å². The fourth-order valence-corrected chi connectivity index (χ4v) is 6.03. The number of nitrogens with zero attached hydrogens (tertiary/aromatic N) is 3. The Morgan fingerprint density at radius 3 is 1.70 bits per heavy atom. The number of ether oxygens (including phenoxy) is 8. The van der Waals surface area contributed by atoms with Crippen LogP contribution in [0.2, 0.25) is 0 Å². The van der Waals surface area contributed by atoms with E-state index in [1.807, 2.05) is 46.8 Å². The van der Waals surface area contributed by atoms with Crippen molar-refractivity contribution in [3.05, 3.63) is 82.5 Å². The molecule has 3 aromatic carbocycles. The van der Waals surface area contributed by atoms with Crippen molar-refractivity contribution in [2.24, 2.45) is 11.0 Å². The molecule has 5 N–H and O–H groups in total. The van der Waals surface area contributed by atoms with Gasteiger partial charge in [0.05, 0.1) is 40.1 Å². The summed E-state index contributed by atoms with van der Waals surface area (Å²) in [4.78, 5) is 41.3. The third kappa shape index (κ3) is 30.3. The minimum absolute atomic E-state index is 0.0390. The van der Waals surface area contributed by atoms with Gasteiger partial charge in [0.1, 0.15) is 35.8 Å². The molecule has 0 aliphatic rings. The van der Waals surface area contributed by atoms with Crippen LogP contribution in [-0.2, 0) is 46.6 Å². The van der Waals surface area contributed by atoms with E-state index in [2.05, 4.69) is 43.9 Å². The average molecular weight is 1110 g/mol. The smallest absolute Gasteiger partial charge is 0.204 e. The van der Waals surface area contributed by atoms with Gasteiger partial charge in [-0.05, 0) is 85.7 Å². The molecule has 0 aliphatic carbocycles. The Labute approximate surface area is 436 Å². The largest absolute Gasteiger partial charge is 0.398 e. The summed E-state index contributed by atoms with van der Waals surface area (Å²) in [6, 6.07) is 16.6. The first kappa shape index (κ1) is 67.9. The summed E-state index contributed by atoms with van der Waals surface area (Å²) in [5.41, 5.74) is 23.0. The Hall–Kier alpha value is -5.17. The number of anilines is 2. The third-order valence-electron chi connectivity index (χ3n) is 9.57. The average Bonchev–Trinajstić information content (AvgIpc) is 3.35. The van der Waals surface area contributed by atoms with E-state index in [0.717, 1.165) is 34.4 Å². The number of ketones is 1. The molecule has 71 heavy (non-hydrogen) atoms. The van der Waals surface area contributed by atoms with E-state index in [1.54, 1.807) is 80.4 Å². The number of nitrogens with two attached hydrogens (primary N) is 2. The summed E-state index contributed by atoms with van der Waals surface area (Å²) in [5, 5.41) is 5.27. The van der Waals surface area contributed by atoms with Gasteiger partial charge in [0.25, 0.3) is 0 Å². The zero-order valence-corrected chi connectivity index (χ0v) is 46.3. The molecular weight excluding hydrogens is 1030 g/mol. The molecule has 20 heteroatoms. The Morgan fingerprint density at radius 1 is 0.789 bits per heavy atom. The van der Waals surface area contributed by atoms with Crippen molar-refractivity contribution in [1.29, 1.82) is 5.53 Å². The van der Waals surface area contributed by atoms with Crippen molar-refractivity contribution in [2.45, 2.75) is 80.2 Å². The van der Waals surface area contributed by atoms with E-state index in [4.69, 9.17) is 57.1 Å². The molecule has 2 amide bonds. The second-order valence-corrected chi connectivity index (χ2v) is 16.3. The number of carbonyl (C=O) groups excluding carboxylic acids is 4. The van der Waals surface area contributed by atoms with Gasteiger partial charge in [0.15, 0.2) is 5.78 Å². The fraction of sp³-hybridized carbons (Fsp3) is 0.529. The van der Waals surface area contributed by atoms with Crippen LogP contribution in [0.15, 0.2) is 65.5 Å². The van der Waals surface area contributed by atoms with Crippen LogP contribution in [-0.4, -0.2) is 159 Å². The quantitative estimate of drug-likeness (QED) is 0.0148. The summed E-state index contributed by atoms with van der Waals surface area (Å²) in [6.45, 7) is 23.6. The molecular formula is C51H81N6O13Te. The van der Waals surface area contributed by atoms with Gasteiger partial charge < -0.3 is 40.1 Å². The maximum atomic E-state index is 10.8. The van der Waals surface area contributed by atoms with Crippen LogP contribution in [0.3, 0.4) is 0 Å². The monoisotopic (exact) mass is 1120 g/mol. The number of hydrogen-bond donors (Lipinski definition) is 3. The van der Waals surface area contributed by atoms with Gasteiger partial charge in [0, 0.05) is 30.1 Å². The number of carbonyl (C=O) groups is 4. The van der Waals surface area contributed by atoms with E-state index >= 15 is 0 Å². The number of methoxy groups -OCH3 is 2. The number of nitrogen functional groups attached to an aromatic ring is 1. The standard InChI is InChI=1S/C33H50N3O9Te.C8H9NO.C7H13NO2.C2H6.CH3NO/c1-26(36(35-34)31-25-29(37-5)7-8-32(31)38-6)21-27-22-28(33(2,3)4)24-30(23-27)44-19-17-42-15-13-40-11-9-39-10-12-41-14-16-43-18-20-45-46;1-6-7(5-10)3-2-4-8(6)9;1-4-7(6(2)10)8(3)5-9;1-2;2-1-3/h7-8,21-25,34H,9-20H2,1-6H3;2-5H,9H2,1H3;5,7H,4H2,1-3H3;1-2H3;1H,(H2,2,3)/b26-21+,35-34?;;;;. The zero-order chi connectivity index (χ0) is 54.0. The Morgan fingerprint density at radius 2 is 1.31 bits per heavy atom. The molecule has 1 unspecified atom stereocenters. The number of aldehydes is 1. The summed E-state index contributed by atoms with van der Waals surface area (Å²) in [7, 11) is 4.79. The molecule has 3 rings (SSSR count). The first-order chi connectivity index (χ1) is 34.0. The molecule has 0 bridgehead atoms. The predicted molar refractivity (Wildman–Crippen MR) is 278 cm³/mol. The predicted octanol–water partition coefficient (Wildman–Crippen LogP) is 7.34. The summed E-state index contributed by atoms with van der Waals surface area (Å²) < 4.78 is 49.4. The van der Waals surface area contributed by atoms with E-state index in [-0.39, 0.29) is 23.7 Å². The van der Waals surface area contributed by atoms with Gasteiger partial charge in [-0.3, -0.25) is 19.2 Å². The summed E-state index contributed by atoms with van der Waals surface area (Å²) in [5.74, 6) is 1.99. The van der Waals surface area contributed by atoms with E-state index in [9.17, 15) is 14.4 Å². The Balaban J connectivity index is 0. The normalized spacial score (nSPS) is 11.0. The van der Waals surface area contributed by atoms with Gasteiger partial charge in [-0.25, -0.2) is 5.01 Å². The second-order valence-electron chi connectivity index (χ2n) is 15.6. The van der Waals surface area contributed by atoms with Crippen LogP contribution < -0.4 is 30.7 Å². The van der Waals surface area contributed by atoms with Gasteiger partial charge in [0.2, 0.25) is 12.8 Å². The van der Waals surface area contributed by atoms with E-state index in [0.29, 0.717) is 121 Å². The number of amides is 2. The molecule has 0 saturated carbocycles. The van der Waals surface area contributed by atoms with Crippen molar-refractivity contribution in [2.75, 3.05) is 111 Å². The third-order valence-corrected chi connectivity index (χ3v) is 10.0. The first-order valence-corrected chi connectivity index (χ1v) is 24.1. The van der Waals surface area contributed by atoms with Gasteiger partial charge >= 0.3 is 92.9 Å². The number of nitrogens with one attached hydrogen (secondary N) is 1. The maximum Gasteiger partial charge on any atom is 0.204 e. The number of primary amides is 1.